The van der Waals surface area contributed by atoms with Crippen LogP contribution in [0.3, 0.4) is 0 Å². The number of thiophene rings is 1. The summed E-state index contributed by atoms with van der Waals surface area (Å²) in [6, 6.07) is 20.1. The molecule has 1 heterocycles. The maximum absolute atomic E-state index is 12.7. The number of phenolic OH excluding ortho intramolecular Hbond substituents is 1. The standard InChI is InChI=1S/C21H17NO3S3/c1-14-7-2-5-10-18(14)27-19-13-17(15-8-3-4-9-16(15)21(19)23)22-28(24,25)20-11-6-12-26-20/h2-13,22-23H,1H3. The Morgan fingerprint density at radius 3 is 2.36 bits per heavy atom. The third-order valence-electron chi connectivity index (χ3n) is 4.30. The molecule has 4 aromatic rings. The number of fused-ring (bicyclic) bond motifs is 1. The second-order valence-electron chi connectivity index (χ2n) is 6.22. The largest absolute Gasteiger partial charge is 0.506 e. The van der Waals surface area contributed by atoms with Gasteiger partial charge in [0.25, 0.3) is 10.0 Å². The Labute approximate surface area is 171 Å². The topological polar surface area (TPSA) is 66.4 Å². The number of sulfonamides is 1. The Hall–Kier alpha value is -2.48. The van der Waals surface area contributed by atoms with Gasteiger partial charge in [0, 0.05) is 15.7 Å². The van der Waals surface area contributed by atoms with Gasteiger partial charge in [-0.25, -0.2) is 8.42 Å². The van der Waals surface area contributed by atoms with Gasteiger partial charge in [0.05, 0.1) is 10.6 Å². The Kier molecular flexibility index (Phi) is 5.05. The van der Waals surface area contributed by atoms with Crippen LogP contribution in [0.4, 0.5) is 5.69 Å². The van der Waals surface area contributed by atoms with Gasteiger partial charge < -0.3 is 5.11 Å². The fourth-order valence-corrected chi connectivity index (χ4v) is 5.96. The number of rotatable bonds is 5. The van der Waals surface area contributed by atoms with Crippen LogP contribution in [-0.4, -0.2) is 13.5 Å². The molecule has 0 unspecified atom stereocenters. The molecule has 4 nitrogen and oxygen atoms in total. The van der Waals surface area contributed by atoms with Crippen molar-refractivity contribution < 1.29 is 13.5 Å². The fourth-order valence-electron chi connectivity index (χ4n) is 2.90. The van der Waals surface area contributed by atoms with Crippen molar-refractivity contribution in [2.45, 2.75) is 20.9 Å². The maximum Gasteiger partial charge on any atom is 0.271 e. The van der Waals surface area contributed by atoms with Crippen molar-refractivity contribution >= 4 is 49.6 Å². The van der Waals surface area contributed by atoms with E-state index < -0.39 is 10.0 Å². The number of aromatic hydroxyl groups is 1. The molecule has 28 heavy (non-hydrogen) atoms. The molecular weight excluding hydrogens is 410 g/mol. The Bertz CT molecular complexity index is 1250. The molecule has 0 aliphatic carbocycles. The van der Waals surface area contributed by atoms with Crippen molar-refractivity contribution in [3.05, 3.63) is 77.7 Å². The molecule has 0 amide bonds. The summed E-state index contributed by atoms with van der Waals surface area (Å²) in [5.74, 6) is 0.142. The second-order valence-corrected chi connectivity index (χ2v) is 10.2. The molecule has 0 spiro atoms. The number of nitrogens with one attached hydrogen (secondary N) is 1. The molecule has 0 fully saturated rings. The normalized spacial score (nSPS) is 11.6. The van der Waals surface area contributed by atoms with E-state index in [1.54, 1.807) is 35.7 Å². The SMILES string of the molecule is Cc1ccccc1Sc1cc(NS(=O)(=O)c2cccs2)c2ccccc2c1O. The van der Waals surface area contributed by atoms with E-state index in [2.05, 4.69) is 4.72 Å². The molecule has 0 bridgehead atoms. The minimum Gasteiger partial charge on any atom is -0.506 e. The van der Waals surface area contributed by atoms with E-state index in [0.29, 0.717) is 21.4 Å². The first kappa shape index (κ1) is 18.9. The molecule has 3 aromatic carbocycles. The van der Waals surface area contributed by atoms with E-state index in [1.165, 1.54) is 11.8 Å². The van der Waals surface area contributed by atoms with E-state index in [-0.39, 0.29) is 9.96 Å². The van der Waals surface area contributed by atoms with Crippen LogP contribution in [0, 0.1) is 6.92 Å². The molecule has 0 saturated carbocycles. The second kappa shape index (κ2) is 7.50. The van der Waals surface area contributed by atoms with E-state index in [4.69, 9.17) is 0 Å². The van der Waals surface area contributed by atoms with Crippen molar-refractivity contribution in [3.8, 4) is 5.75 Å². The van der Waals surface area contributed by atoms with Crippen LogP contribution in [0.1, 0.15) is 5.56 Å². The molecule has 2 N–H and O–H groups in total. The first-order valence-electron chi connectivity index (χ1n) is 8.50. The predicted molar refractivity (Wildman–Crippen MR) is 116 cm³/mol. The molecular formula is C21H17NO3S3. The molecule has 1 aromatic heterocycles. The number of aryl methyl sites for hydroxylation is 1. The lowest BCUT2D eigenvalue weighted by Gasteiger charge is -2.15. The van der Waals surface area contributed by atoms with Crippen LogP contribution in [0.15, 0.2) is 86.1 Å². The number of phenols is 1. The lowest BCUT2D eigenvalue weighted by molar-refractivity contribution is 0.469. The van der Waals surface area contributed by atoms with Crippen molar-refractivity contribution in [3.63, 3.8) is 0 Å². The fraction of sp³-hybridized carbons (Fsp3) is 0.0476. The zero-order valence-corrected chi connectivity index (χ0v) is 17.4. The number of hydrogen-bond donors (Lipinski definition) is 2. The van der Waals surface area contributed by atoms with Crippen LogP contribution in [0.5, 0.6) is 5.75 Å². The summed E-state index contributed by atoms with van der Waals surface area (Å²) >= 11 is 2.57. The van der Waals surface area contributed by atoms with E-state index in [1.807, 2.05) is 43.3 Å². The van der Waals surface area contributed by atoms with Crippen molar-refractivity contribution in [1.82, 2.24) is 0 Å². The van der Waals surface area contributed by atoms with Crippen LogP contribution < -0.4 is 4.72 Å². The van der Waals surface area contributed by atoms with Gasteiger partial charge in [-0.2, -0.15) is 0 Å². The van der Waals surface area contributed by atoms with E-state index >= 15 is 0 Å². The van der Waals surface area contributed by atoms with Gasteiger partial charge in [-0.3, -0.25) is 4.72 Å². The number of hydrogen-bond acceptors (Lipinski definition) is 5. The average molecular weight is 428 g/mol. The molecule has 0 saturated heterocycles. The van der Waals surface area contributed by atoms with Gasteiger partial charge in [0.15, 0.2) is 0 Å². The quantitative estimate of drug-likeness (QED) is 0.391. The summed E-state index contributed by atoms with van der Waals surface area (Å²) in [4.78, 5) is 1.59. The van der Waals surface area contributed by atoms with Gasteiger partial charge in [-0.05, 0) is 36.1 Å². The Morgan fingerprint density at radius 2 is 1.64 bits per heavy atom. The Morgan fingerprint density at radius 1 is 0.929 bits per heavy atom. The Balaban J connectivity index is 1.84. The summed E-state index contributed by atoms with van der Waals surface area (Å²) in [5, 5.41) is 13.8. The zero-order chi connectivity index (χ0) is 19.7. The summed E-state index contributed by atoms with van der Waals surface area (Å²) in [6.07, 6.45) is 0. The minimum absolute atomic E-state index is 0.142. The molecule has 0 radical (unpaired) electrons. The lowest BCUT2D eigenvalue weighted by atomic mass is 10.1. The third kappa shape index (κ3) is 3.61. The van der Waals surface area contributed by atoms with E-state index in [9.17, 15) is 13.5 Å². The highest BCUT2D eigenvalue weighted by atomic mass is 32.2. The molecule has 142 valence electrons. The predicted octanol–water partition coefficient (Wildman–Crippen LogP) is 5.87. The van der Waals surface area contributed by atoms with Crippen molar-refractivity contribution in [1.29, 1.82) is 0 Å². The molecule has 0 aliphatic heterocycles. The highest BCUT2D eigenvalue weighted by Gasteiger charge is 2.19. The molecule has 4 rings (SSSR count). The van der Waals surface area contributed by atoms with Crippen molar-refractivity contribution in [2.24, 2.45) is 0 Å². The van der Waals surface area contributed by atoms with Crippen LogP contribution in [0.2, 0.25) is 0 Å². The first-order chi connectivity index (χ1) is 13.5. The highest BCUT2D eigenvalue weighted by Crippen LogP contribution is 2.43. The van der Waals surface area contributed by atoms with Gasteiger partial charge in [-0.1, -0.05) is 60.3 Å². The van der Waals surface area contributed by atoms with Crippen LogP contribution >= 0.6 is 23.1 Å². The van der Waals surface area contributed by atoms with Crippen LogP contribution in [-0.2, 0) is 10.0 Å². The van der Waals surface area contributed by atoms with E-state index in [0.717, 1.165) is 21.8 Å². The van der Waals surface area contributed by atoms with Gasteiger partial charge in [0.1, 0.15) is 9.96 Å². The van der Waals surface area contributed by atoms with Crippen molar-refractivity contribution in [2.75, 3.05) is 4.72 Å². The monoisotopic (exact) mass is 427 g/mol. The number of benzene rings is 3. The summed E-state index contributed by atoms with van der Waals surface area (Å²) in [5.41, 5.74) is 1.53. The molecule has 0 aliphatic rings. The smallest absolute Gasteiger partial charge is 0.271 e. The zero-order valence-electron chi connectivity index (χ0n) is 14.9. The van der Waals surface area contributed by atoms with Gasteiger partial charge in [-0.15, -0.1) is 11.3 Å². The van der Waals surface area contributed by atoms with Crippen LogP contribution in [0.25, 0.3) is 10.8 Å². The maximum atomic E-state index is 12.7. The third-order valence-corrected chi connectivity index (χ3v) is 8.27. The molecule has 7 heteroatoms. The average Bonchev–Trinajstić information content (AvgIpc) is 3.23. The van der Waals surface area contributed by atoms with Gasteiger partial charge >= 0.3 is 0 Å². The minimum atomic E-state index is -3.69. The molecule has 0 atom stereocenters. The number of anilines is 1. The highest BCUT2D eigenvalue weighted by molar-refractivity contribution is 7.99. The summed E-state index contributed by atoms with van der Waals surface area (Å²) in [7, 11) is -3.69. The summed E-state index contributed by atoms with van der Waals surface area (Å²) in [6.45, 7) is 2.00. The van der Waals surface area contributed by atoms with Gasteiger partial charge in [0.2, 0.25) is 0 Å². The first-order valence-corrected chi connectivity index (χ1v) is 11.7. The summed E-state index contributed by atoms with van der Waals surface area (Å²) < 4.78 is 28.4. The lowest BCUT2D eigenvalue weighted by Crippen LogP contribution is -2.11.